The van der Waals surface area contributed by atoms with Crippen LogP contribution in [-0.2, 0) is 5.41 Å². The standard InChI is InChI=1S/C15H22N2O.2H2/c1-15(2,3)11-7-9-13(10-8-11)17-14(18)16-12-5-4-6-12;;/h7-10,12H,4-6H2,1-3H3,(H2,16,17,18);2*1H. The summed E-state index contributed by atoms with van der Waals surface area (Å²) in [6, 6.07) is 8.34. The lowest BCUT2D eigenvalue weighted by molar-refractivity contribution is 0.240. The van der Waals surface area contributed by atoms with Gasteiger partial charge in [-0.25, -0.2) is 4.79 Å². The number of benzene rings is 1. The molecule has 0 atom stereocenters. The third-order valence-corrected chi connectivity index (χ3v) is 3.45. The Morgan fingerprint density at radius 1 is 1.22 bits per heavy atom. The van der Waals surface area contributed by atoms with E-state index in [1.54, 1.807) is 0 Å². The van der Waals surface area contributed by atoms with Crippen LogP contribution in [0.25, 0.3) is 0 Å². The van der Waals surface area contributed by atoms with Crippen LogP contribution in [0.3, 0.4) is 0 Å². The van der Waals surface area contributed by atoms with Crippen molar-refractivity contribution in [3.05, 3.63) is 29.8 Å². The van der Waals surface area contributed by atoms with E-state index >= 15 is 0 Å². The molecule has 2 amide bonds. The van der Waals surface area contributed by atoms with Crippen molar-refractivity contribution in [1.29, 1.82) is 0 Å². The average molecular weight is 250 g/mol. The maximum absolute atomic E-state index is 11.7. The molecule has 0 saturated heterocycles. The lowest BCUT2D eigenvalue weighted by Gasteiger charge is -2.26. The molecule has 0 radical (unpaired) electrons. The smallest absolute Gasteiger partial charge is 0.319 e. The summed E-state index contributed by atoms with van der Waals surface area (Å²) in [5.41, 5.74) is 2.26. The molecule has 3 heteroatoms. The molecule has 3 nitrogen and oxygen atoms in total. The van der Waals surface area contributed by atoms with E-state index in [0.29, 0.717) is 6.04 Å². The molecule has 0 unspecified atom stereocenters. The van der Waals surface area contributed by atoms with Crippen LogP contribution in [0.4, 0.5) is 10.5 Å². The fourth-order valence-corrected chi connectivity index (χ4v) is 1.96. The first-order valence-electron chi connectivity index (χ1n) is 6.63. The van der Waals surface area contributed by atoms with Crippen LogP contribution < -0.4 is 10.6 Å². The zero-order valence-electron chi connectivity index (χ0n) is 11.4. The van der Waals surface area contributed by atoms with Crippen molar-refractivity contribution in [2.75, 3.05) is 5.32 Å². The Labute approximate surface area is 112 Å². The van der Waals surface area contributed by atoms with E-state index in [-0.39, 0.29) is 14.3 Å². The highest BCUT2D eigenvalue weighted by atomic mass is 16.2. The Balaban J connectivity index is 0.00000180. The molecule has 1 aromatic carbocycles. The van der Waals surface area contributed by atoms with Crippen molar-refractivity contribution in [2.45, 2.75) is 51.5 Å². The quantitative estimate of drug-likeness (QED) is 0.813. The van der Waals surface area contributed by atoms with Gasteiger partial charge in [-0.05, 0) is 42.4 Å². The van der Waals surface area contributed by atoms with E-state index in [1.807, 2.05) is 12.1 Å². The lowest BCUT2D eigenvalue weighted by atomic mass is 9.87. The van der Waals surface area contributed by atoms with Gasteiger partial charge >= 0.3 is 6.03 Å². The van der Waals surface area contributed by atoms with E-state index in [1.165, 1.54) is 12.0 Å². The van der Waals surface area contributed by atoms with Crippen molar-refractivity contribution in [2.24, 2.45) is 0 Å². The molecule has 0 aromatic heterocycles. The summed E-state index contributed by atoms with van der Waals surface area (Å²) < 4.78 is 0. The van der Waals surface area contributed by atoms with Gasteiger partial charge in [-0.3, -0.25) is 0 Å². The number of urea groups is 1. The third-order valence-electron chi connectivity index (χ3n) is 3.45. The van der Waals surface area contributed by atoms with Gasteiger partial charge in [0.05, 0.1) is 0 Å². The Hall–Kier alpha value is -1.51. The fourth-order valence-electron chi connectivity index (χ4n) is 1.96. The average Bonchev–Trinajstić information content (AvgIpc) is 2.23. The summed E-state index contributed by atoms with van der Waals surface area (Å²) in [4.78, 5) is 11.7. The summed E-state index contributed by atoms with van der Waals surface area (Å²) in [5.74, 6) is 0. The van der Waals surface area contributed by atoms with E-state index in [4.69, 9.17) is 0 Å². The maximum Gasteiger partial charge on any atom is 0.319 e. The van der Waals surface area contributed by atoms with Gasteiger partial charge in [-0.1, -0.05) is 32.9 Å². The molecular weight excluding hydrogens is 224 g/mol. The van der Waals surface area contributed by atoms with Crippen molar-refractivity contribution in [3.8, 4) is 0 Å². The molecule has 18 heavy (non-hydrogen) atoms. The second kappa shape index (κ2) is 5.01. The minimum absolute atomic E-state index is 0. The van der Waals surface area contributed by atoms with E-state index < -0.39 is 0 Å². The Bertz CT molecular complexity index is 422. The van der Waals surface area contributed by atoms with Gasteiger partial charge < -0.3 is 10.6 Å². The molecule has 1 fully saturated rings. The van der Waals surface area contributed by atoms with Crippen LogP contribution in [0.1, 0.15) is 48.5 Å². The van der Waals surface area contributed by atoms with Crippen LogP contribution in [0.5, 0.6) is 0 Å². The second-order valence-electron chi connectivity index (χ2n) is 6.05. The highest BCUT2D eigenvalue weighted by molar-refractivity contribution is 5.89. The van der Waals surface area contributed by atoms with Crippen molar-refractivity contribution in [1.82, 2.24) is 5.32 Å². The number of carbonyl (C=O) groups is 1. The first kappa shape index (κ1) is 12.9. The normalized spacial score (nSPS) is 15.9. The summed E-state index contributed by atoms with van der Waals surface area (Å²) in [5, 5.41) is 5.83. The second-order valence-corrected chi connectivity index (χ2v) is 6.05. The van der Waals surface area contributed by atoms with Crippen molar-refractivity contribution < 1.29 is 7.65 Å². The van der Waals surface area contributed by atoms with E-state index in [0.717, 1.165) is 18.5 Å². The summed E-state index contributed by atoms with van der Waals surface area (Å²) in [7, 11) is 0. The van der Waals surface area contributed by atoms with Gasteiger partial charge in [0, 0.05) is 14.6 Å². The number of carbonyl (C=O) groups excluding carboxylic acids is 1. The largest absolute Gasteiger partial charge is 0.335 e. The van der Waals surface area contributed by atoms with Crippen LogP contribution in [0.15, 0.2) is 24.3 Å². The number of anilines is 1. The lowest BCUT2D eigenvalue weighted by Crippen LogP contribution is -2.41. The number of hydrogen-bond acceptors (Lipinski definition) is 1. The van der Waals surface area contributed by atoms with E-state index in [2.05, 4.69) is 43.5 Å². The molecule has 1 saturated carbocycles. The molecule has 0 aliphatic heterocycles. The monoisotopic (exact) mass is 250 g/mol. The van der Waals surface area contributed by atoms with E-state index in [9.17, 15) is 4.79 Å². The molecule has 0 bridgehead atoms. The predicted molar refractivity (Wildman–Crippen MR) is 79.2 cm³/mol. The molecule has 1 aromatic rings. The number of amides is 2. The number of nitrogens with one attached hydrogen (secondary N) is 2. The minimum atomic E-state index is -0.0943. The zero-order chi connectivity index (χ0) is 13.2. The van der Waals surface area contributed by atoms with Gasteiger partial charge in [0.2, 0.25) is 0 Å². The van der Waals surface area contributed by atoms with Gasteiger partial charge in [-0.15, -0.1) is 0 Å². The zero-order valence-corrected chi connectivity index (χ0v) is 11.4. The highest BCUT2D eigenvalue weighted by Crippen LogP contribution is 2.23. The van der Waals surface area contributed by atoms with Crippen LogP contribution >= 0.6 is 0 Å². The molecule has 0 spiro atoms. The Morgan fingerprint density at radius 2 is 1.83 bits per heavy atom. The predicted octanol–water partition coefficient (Wildman–Crippen LogP) is 4.15. The van der Waals surface area contributed by atoms with Crippen LogP contribution in [-0.4, -0.2) is 12.1 Å². The van der Waals surface area contributed by atoms with Gasteiger partial charge in [0.25, 0.3) is 0 Å². The van der Waals surface area contributed by atoms with Crippen LogP contribution in [0, 0.1) is 0 Å². The topological polar surface area (TPSA) is 41.1 Å². The summed E-state index contributed by atoms with van der Waals surface area (Å²) in [6.07, 6.45) is 3.44. The minimum Gasteiger partial charge on any atom is -0.335 e. The van der Waals surface area contributed by atoms with Crippen molar-refractivity contribution >= 4 is 11.7 Å². The number of rotatable bonds is 2. The Morgan fingerprint density at radius 3 is 2.28 bits per heavy atom. The molecular formula is C15H26N2O. The molecule has 1 aliphatic rings. The van der Waals surface area contributed by atoms with Gasteiger partial charge in [0.1, 0.15) is 0 Å². The molecule has 2 N–H and O–H groups in total. The first-order chi connectivity index (χ1) is 8.45. The molecule has 1 aliphatic carbocycles. The Kier molecular flexibility index (Phi) is 3.60. The highest BCUT2D eigenvalue weighted by Gasteiger charge is 2.19. The fraction of sp³-hybridized carbons (Fsp3) is 0.533. The first-order valence-corrected chi connectivity index (χ1v) is 6.63. The summed E-state index contributed by atoms with van der Waals surface area (Å²) >= 11 is 0. The van der Waals surface area contributed by atoms with Crippen molar-refractivity contribution in [3.63, 3.8) is 0 Å². The third kappa shape index (κ3) is 3.25. The summed E-state index contributed by atoms with van der Waals surface area (Å²) in [6.45, 7) is 6.54. The van der Waals surface area contributed by atoms with Crippen LogP contribution in [0.2, 0.25) is 0 Å². The molecule has 102 valence electrons. The molecule has 2 rings (SSSR count). The number of hydrogen-bond donors (Lipinski definition) is 2. The molecule has 0 heterocycles. The SMILES string of the molecule is CC(C)(C)c1ccc(NC(=O)NC2CCC2)cc1.[HH].[HH]. The van der Waals surface area contributed by atoms with Gasteiger partial charge in [-0.2, -0.15) is 0 Å². The maximum atomic E-state index is 11.7. The van der Waals surface area contributed by atoms with Gasteiger partial charge in [0.15, 0.2) is 0 Å².